The molecular weight excluding hydrogens is 324 g/mol. The Hall–Kier alpha value is -1.01. The normalized spacial score (nSPS) is 11.3. The molecule has 0 aliphatic rings. The summed E-state index contributed by atoms with van der Waals surface area (Å²) >= 11 is 9.67. The highest BCUT2D eigenvalue weighted by Crippen LogP contribution is 2.38. The fraction of sp³-hybridized carbons (Fsp3) is 0.333. The van der Waals surface area contributed by atoms with Gasteiger partial charge in [-0.25, -0.2) is 9.97 Å². The van der Waals surface area contributed by atoms with Crippen molar-refractivity contribution in [3.63, 3.8) is 0 Å². The minimum Gasteiger partial charge on any atom is -0.373 e. The number of thiophene rings is 2. The summed E-state index contributed by atoms with van der Waals surface area (Å²) in [6.07, 6.45) is 2.17. The number of hydrogen-bond acceptors (Lipinski definition) is 5. The first-order valence-corrected chi connectivity index (χ1v) is 8.98. The number of aromatic nitrogens is 2. The first kappa shape index (κ1) is 14.9. The van der Waals surface area contributed by atoms with Crippen LogP contribution in [0, 0.1) is 0 Å². The molecule has 6 heteroatoms. The van der Waals surface area contributed by atoms with Gasteiger partial charge in [-0.1, -0.05) is 31.0 Å². The number of fused-ring (bicyclic) bond motifs is 1. The molecule has 3 heterocycles. The van der Waals surface area contributed by atoms with Crippen molar-refractivity contribution in [2.24, 2.45) is 0 Å². The molecule has 3 aromatic rings. The van der Waals surface area contributed by atoms with E-state index in [-0.39, 0.29) is 0 Å². The molecule has 0 aromatic carbocycles. The fourth-order valence-corrected chi connectivity index (χ4v) is 4.15. The zero-order chi connectivity index (χ0) is 14.7. The van der Waals surface area contributed by atoms with Gasteiger partial charge < -0.3 is 4.74 Å². The van der Waals surface area contributed by atoms with Crippen LogP contribution in [0.1, 0.15) is 25.6 Å². The van der Waals surface area contributed by atoms with Crippen molar-refractivity contribution >= 4 is 44.5 Å². The van der Waals surface area contributed by atoms with E-state index in [0.29, 0.717) is 17.6 Å². The van der Waals surface area contributed by atoms with Crippen molar-refractivity contribution < 1.29 is 4.74 Å². The van der Waals surface area contributed by atoms with Gasteiger partial charge in [0.25, 0.3) is 0 Å². The summed E-state index contributed by atoms with van der Waals surface area (Å²) in [7, 11) is 0. The van der Waals surface area contributed by atoms with E-state index < -0.39 is 0 Å². The van der Waals surface area contributed by atoms with Crippen molar-refractivity contribution in [2.45, 2.75) is 26.4 Å². The van der Waals surface area contributed by atoms with E-state index in [9.17, 15) is 0 Å². The van der Waals surface area contributed by atoms with Crippen molar-refractivity contribution in [1.82, 2.24) is 9.97 Å². The smallest absolute Gasteiger partial charge is 0.157 e. The van der Waals surface area contributed by atoms with E-state index >= 15 is 0 Å². The van der Waals surface area contributed by atoms with Crippen LogP contribution in [-0.4, -0.2) is 16.6 Å². The number of rotatable bonds is 6. The molecule has 0 unspecified atom stereocenters. The minimum absolute atomic E-state index is 0.419. The molecule has 0 saturated carbocycles. The van der Waals surface area contributed by atoms with Gasteiger partial charge in [-0.15, -0.1) is 22.7 Å². The number of ether oxygens (including phenoxy) is 1. The summed E-state index contributed by atoms with van der Waals surface area (Å²) < 4.78 is 5.57. The lowest BCUT2D eigenvalue weighted by Gasteiger charge is -2.04. The Morgan fingerprint density at radius 3 is 2.95 bits per heavy atom. The van der Waals surface area contributed by atoms with E-state index in [2.05, 4.69) is 33.7 Å². The van der Waals surface area contributed by atoms with Gasteiger partial charge in [-0.3, -0.25) is 0 Å². The second kappa shape index (κ2) is 6.83. The molecule has 0 aliphatic heterocycles. The third kappa shape index (κ3) is 3.26. The quantitative estimate of drug-likeness (QED) is 0.446. The molecule has 3 nitrogen and oxygen atoms in total. The molecule has 0 aliphatic carbocycles. The number of unbranched alkanes of at least 4 members (excludes halogenated alkanes) is 1. The third-order valence-electron chi connectivity index (χ3n) is 3.10. The van der Waals surface area contributed by atoms with Crippen LogP contribution < -0.4 is 0 Å². The standard InChI is InChI=1S/C15H15ClN2OS2/c1-2-3-6-19-8-12-17-14(16)13-10(9-21-15(13)18-12)11-5-4-7-20-11/h4-5,7,9H,2-3,6,8H2,1H3. The summed E-state index contributed by atoms with van der Waals surface area (Å²) in [5, 5.41) is 5.61. The summed E-state index contributed by atoms with van der Waals surface area (Å²) in [6.45, 7) is 3.29. The Morgan fingerprint density at radius 1 is 1.29 bits per heavy atom. The van der Waals surface area contributed by atoms with Gasteiger partial charge in [-0.05, 0) is 17.9 Å². The molecule has 3 rings (SSSR count). The highest BCUT2D eigenvalue weighted by molar-refractivity contribution is 7.18. The Labute approximate surface area is 136 Å². The summed E-state index contributed by atoms with van der Waals surface area (Å²) in [4.78, 5) is 11.1. The maximum Gasteiger partial charge on any atom is 0.157 e. The second-order valence-corrected chi connectivity index (χ2v) is 6.81. The maximum absolute atomic E-state index is 6.37. The van der Waals surface area contributed by atoms with E-state index in [1.54, 1.807) is 22.7 Å². The molecule has 0 spiro atoms. The van der Waals surface area contributed by atoms with Crippen molar-refractivity contribution in [3.8, 4) is 10.4 Å². The predicted molar refractivity (Wildman–Crippen MR) is 90.3 cm³/mol. The Kier molecular flexibility index (Phi) is 4.85. The lowest BCUT2D eigenvalue weighted by atomic mass is 10.2. The van der Waals surface area contributed by atoms with Crippen LogP contribution in [0.5, 0.6) is 0 Å². The second-order valence-electron chi connectivity index (χ2n) is 4.64. The zero-order valence-electron chi connectivity index (χ0n) is 11.6. The summed E-state index contributed by atoms with van der Waals surface area (Å²) in [5.74, 6) is 0.656. The molecule has 110 valence electrons. The van der Waals surface area contributed by atoms with Gasteiger partial charge in [0, 0.05) is 22.4 Å². The Bertz CT molecular complexity index is 725. The summed E-state index contributed by atoms with van der Waals surface area (Å²) in [6, 6.07) is 4.12. The third-order valence-corrected chi connectivity index (χ3v) is 5.14. The number of halogens is 1. The average Bonchev–Trinajstić information content (AvgIpc) is 3.12. The average molecular weight is 339 g/mol. The first-order chi connectivity index (χ1) is 10.3. The molecule has 0 amide bonds. The van der Waals surface area contributed by atoms with Gasteiger partial charge in [0.2, 0.25) is 0 Å². The first-order valence-electron chi connectivity index (χ1n) is 6.85. The molecule has 0 saturated heterocycles. The maximum atomic E-state index is 6.37. The van der Waals surface area contributed by atoms with Crippen LogP contribution in [0.4, 0.5) is 0 Å². The lowest BCUT2D eigenvalue weighted by molar-refractivity contribution is 0.113. The number of nitrogens with zero attached hydrogens (tertiary/aromatic N) is 2. The number of hydrogen-bond donors (Lipinski definition) is 0. The highest BCUT2D eigenvalue weighted by atomic mass is 35.5. The van der Waals surface area contributed by atoms with Gasteiger partial charge >= 0.3 is 0 Å². The van der Waals surface area contributed by atoms with Gasteiger partial charge in [-0.2, -0.15) is 0 Å². The Balaban J connectivity index is 1.88. The Morgan fingerprint density at radius 2 is 2.19 bits per heavy atom. The molecular formula is C15H15ClN2OS2. The lowest BCUT2D eigenvalue weighted by Crippen LogP contribution is -2.00. The molecule has 0 bridgehead atoms. The van der Waals surface area contributed by atoms with Crippen LogP contribution in [-0.2, 0) is 11.3 Å². The molecule has 3 aromatic heterocycles. The van der Waals surface area contributed by atoms with Crippen LogP contribution in [0.2, 0.25) is 5.15 Å². The summed E-state index contributed by atoms with van der Waals surface area (Å²) in [5.41, 5.74) is 1.12. The topological polar surface area (TPSA) is 35.0 Å². The molecule has 0 radical (unpaired) electrons. The van der Waals surface area contributed by atoms with E-state index in [4.69, 9.17) is 16.3 Å². The molecule has 0 fully saturated rings. The molecule has 21 heavy (non-hydrogen) atoms. The molecule has 0 atom stereocenters. The van der Waals surface area contributed by atoms with Gasteiger partial charge in [0.05, 0.1) is 5.39 Å². The van der Waals surface area contributed by atoms with Gasteiger partial charge in [0.15, 0.2) is 5.82 Å². The monoisotopic (exact) mass is 338 g/mol. The van der Waals surface area contributed by atoms with E-state index in [1.807, 2.05) is 6.07 Å². The van der Waals surface area contributed by atoms with Crippen molar-refractivity contribution in [3.05, 3.63) is 33.9 Å². The van der Waals surface area contributed by atoms with E-state index in [1.165, 1.54) is 4.88 Å². The molecule has 0 N–H and O–H groups in total. The fourth-order valence-electron chi connectivity index (χ4n) is 2.03. The highest BCUT2D eigenvalue weighted by Gasteiger charge is 2.14. The minimum atomic E-state index is 0.419. The van der Waals surface area contributed by atoms with Crippen LogP contribution in [0.3, 0.4) is 0 Å². The largest absolute Gasteiger partial charge is 0.373 e. The SMILES string of the molecule is CCCCOCc1nc(Cl)c2c(-c3cccs3)csc2n1. The van der Waals surface area contributed by atoms with Crippen molar-refractivity contribution in [2.75, 3.05) is 6.61 Å². The van der Waals surface area contributed by atoms with Crippen LogP contribution >= 0.6 is 34.3 Å². The van der Waals surface area contributed by atoms with Gasteiger partial charge in [0.1, 0.15) is 16.6 Å². The van der Waals surface area contributed by atoms with Crippen LogP contribution in [0.25, 0.3) is 20.7 Å². The van der Waals surface area contributed by atoms with Crippen LogP contribution in [0.15, 0.2) is 22.9 Å². The van der Waals surface area contributed by atoms with E-state index in [0.717, 1.165) is 35.2 Å². The predicted octanol–water partition coefficient (Wildman–Crippen LogP) is 5.39. The zero-order valence-corrected chi connectivity index (χ0v) is 14.0. The van der Waals surface area contributed by atoms with Crippen molar-refractivity contribution in [1.29, 1.82) is 0 Å².